The molecular weight excluding hydrogens is 350 g/mol. The number of carbonyl (C=O) groups is 1. The number of piperidine rings is 1. The summed E-state index contributed by atoms with van der Waals surface area (Å²) in [6.07, 6.45) is 2.53. The van der Waals surface area contributed by atoms with Crippen LogP contribution in [0.5, 0.6) is 11.5 Å². The zero-order chi connectivity index (χ0) is 18.5. The lowest BCUT2D eigenvalue weighted by Gasteiger charge is -2.30. The zero-order valence-electron chi connectivity index (χ0n) is 15.4. The van der Waals surface area contributed by atoms with E-state index in [0.717, 1.165) is 48.2 Å². The van der Waals surface area contributed by atoms with Crippen molar-refractivity contribution in [2.45, 2.75) is 26.2 Å². The molecule has 1 saturated heterocycles. The van der Waals surface area contributed by atoms with Crippen LogP contribution in [-0.2, 0) is 11.2 Å². The Labute approximate surface area is 158 Å². The highest BCUT2D eigenvalue weighted by molar-refractivity contribution is 7.13. The Hall–Kier alpha value is -2.28. The van der Waals surface area contributed by atoms with E-state index in [2.05, 4.69) is 17.2 Å². The summed E-state index contributed by atoms with van der Waals surface area (Å²) >= 11 is 1.48. The van der Waals surface area contributed by atoms with Crippen LogP contribution >= 0.6 is 11.3 Å². The third-order valence-corrected chi connectivity index (χ3v) is 5.48. The summed E-state index contributed by atoms with van der Waals surface area (Å²) in [6.45, 7) is 3.96. The van der Waals surface area contributed by atoms with Gasteiger partial charge in [-0.1, -0.05) is 6.92 Å². The first kappa shape index (κ1) is 18.5. The van der Waals surface area contributed by atoms with Gasteiger partial charge in [0.15, 0.2) is 5.13 Å². The van der Waals surface area contributed by atoms with Crippen LogP contribution in [0.3, 0.4) is 0 Å². The average Bonchev–Trinajstić information content (AvgIpc) is 3.09. The second-order valence-corrected chi connectivity index (χ2v) is 7.43. The number of carbonyl (C=O) groups excluding carboxylic acids is 1. The molecule has 1 aliphatic heterocycles. The number of rotatable bonds is 6. The van der Waals surface area contributed by atoms with Crippen LogP contribution in [0.2, 0.25) is 0 Å². The van der Waals surface area contributed by atoms with Crippen LogP contribution in [0.25, 0.3) is 0 Å². The fraction of sp³-hybridized carbons (Fsp3) is 0.474. The summed E-state index contributed by atoms with van der Waals surface area (Å²) in [5.41, 5.74) is 1.58. The van der Waals surface area contributed by atoms with Gasteiger partial charge >= 0.3 is 0 Å². The number of nitrogens with one attached hydrogen (secondary N) is 1. The highest BCUT2D eigenvalue weighted by Crippen LogP contribution is 2.32. The van der Waals surface area contributed by atoms with Gasteiger partial charge in [0, 0.05) is 24.5 Å². The number of hydrogen-bond donors (Lipinski definition) is 1. The molecule has 1 amide bonds. The molecule has 7 heteroatoms. The van der Waals surface area contributed by atoms with Gasteiger partial charge in [0.1, 0.15) is 11.5 Å². The molecule has 1 fully saturated rings. The summed E-state index contributed by atoms with van der Waals surface area (Å²) in [5.74, 6) is 2.32. The minimum Gasteiger partial charge on any atom is -0.497 e. The quantitative estimate of drug-likeness (QED) is 0.834. The van der Waals surface area contributed by atoms with Crippen LogP contribution in [-0.4, -0.2) is 43.1 Å². The molecule has 0 bridgehead atoms. The maximum Gasteiger partial charge on any atom is 0.228 e. The van der Waals surface area contributed by atoms with E-state index in [1.54, 1.807) is 14.2 Å². The van der Waals surface area contributed by atoms with Crippen LogP contribution in [0.4, 0.5) is 10.8 Å². The summed E-state index contributed by atoms with van der Waals surface area (Å²) in [5, 5.41) is 5.91. The van der Waals surface area contributed by atoms with E-state index in [9.17, 15) is 4.79 Å². The maximum absolute atomic E-state index is 12.5. The number of ether oxygens (including phenoxy) is 2. The number of benzene rings is 1. The number of thiazole rings is 1. The Morgan fingerprint density at radius 2 is 2.08 bits per heavy atom. The van der Waals surface area contributed by atoms with Gasteiger partial charge in [0.2, 0.25) is 5.91 Å². The molecule has 2 heterocycles. The van der Waals surface area contributed by atoms with Gasteiger partial charge in [0.05, 0.1) is 32.0 Å². The average molecular weight is 375 g/mol. The van der Waals surface area contributed by atoms with Crippen molar-refractivity contribution in [1.29, 1.82) is 0 Å². The smallest absolute Gasteiger partial charge is 0.228 e. The summed E-state index contributed by atoms with van der Waals surface area (Å²) in [6, 6.07) is 5.55. The standard InChI is InChI=1S/C19H25N3O3S/c1-13-6-8-22(9-7-13)18(23)10-14-12-26-19(20-14)21-16-11-15(24-2)4-5-17(16)25-3/h4-5,11-13H,6-10H2,1-3H3,(H,20,21). The summed E-state index contributed by atoms with van der Waals surface area (Å²) in [7, 11) is 3.25. The first-order valence-corrected chi connectivity index (χ1v) is 9.68. The zero-order valence-corrected chi connectivity index (χ0v) is 16.3. The predicted molar refractivity (Wildman–Crippen MR) is 104 cm³/mol. The van der Waals surface area contributed by atoms with E-state index in [4.69, 9.17) is 9.47 Å². The molecular formula is C19H25N3O3S. The van der Waals surface area contributed by atoms with Crippen molar-refractivity contribution in [2.75, 3.05) is 32.6 Å². The van der Waals surface area contributed by atoms with Crippen LogP contribution in [0, 0.1) is 5.92 Å². The van der Waals surface area contributed by atoms with Crippen molar-refractivity contribution in [3.05, 3.63) is 29.3 Å². The second-order valence-electron chi connectivity index (χ2n) is 6.58. The molecule has 0 spiro atoms. The number of anilines is 2. The molecule has 26 heavy (non-hydrogen) atoms. The highest BCUT2D eigenvalue weighted by atomic mass is 32.1. The summed E-state index contributed by atoms with van der Waals surface area (Å²) < 4.78 is 10.6. The molecule has 1 aliphatic rings. The van der Waals surface area contributed by atoms with Gasteiger partial charge in [-0.05, 0) is 30.9 Å². The van der Waals surface area contributed by atoms with Gasteiger partial charge in [-0.2, -0.15) is 0 Å². The van der Waals surface area contributed by atoms with Crippen molar-refractivity contribution in [2.24, 2.45) is 5.92 Å². The minimum absolute atomic E-state index is 0.160. The molecule has 0 unspecified atom stereocenters. The Kier molecular flexibility index (Phi) is 5.98. The number of amides is 1. The predicted octanol–water partition coefficient (Wildman–Crippen LogP) is 3.70. The Morgan fingerprint density at radius 1 is 1.31 bits per heavy atom. The van der Waals surface area contributed by atoms with Crippen LogP contribution in [0.15, 0.2) is 23.6 Å². The first-order chi connectivity index (χ1) is 12.6. The molecule has 0 aliphatic carbocycles. The van der Waals surface area contributed by atoms with Crippen molar-refractivity contribution in [3.8, 4) is 11.5 Å². The number of aromatic nitrogens is 1. The van der Waals surface area contributed by atoms with Gasteiger partial charge in [-0.25, -0.2) is 4.98 Å². The van der Waals surface area contributed by atoms with Gasteiger partial charge in [-0.15, -0.1) is 11.3 Å². The van der Waals surface area contributed by atoms with Crippen LogP contribution in [0.1, 0.15) is 25.5 Å². The fourth-order valence-electron chi connectivity index (χ4n) is 3.00. The maximum atomic E-state index is 12.5. The number of likely N-dealkylation sites (tertiary alicyclic amines) is 1. The Morgan fingerprint density at radius 3 is 2.77 bits per heavy atom. The van der Waals surface area contributed by atoms with E-state index in [0.29, 0.717) is 18.1 Å². The van der Waals surface area contributed by atoms with E-state index in [1.807, 2.05) is 28.5 Å². The molecule has 140 valence electrons. The Balaban J connectivity index is 1.64. The molecule has 3 rings (SSSR count). The first-order valence-electron chi connectivity index (χ1n) is 8.80. The van der Waals surface area contributed by atoms with Crippen molar-refractivity contribution >= 4 is 28.1 Å². The monoisotopic (exact) mass is 375 g/mol. The van der Waals surface area contributed by atoms with Crippen LogP contribution < -0.4 is 14.8 Å². The topological polar surface area (TPSA) is 63.7 Å². The lowest BCUT2D eigenvalue weighted by atomic mass is 9.99. The lowest BCUT2D eigenvalue weighted by Crippen LogP contribution is -2.38. The number of hydrogen-bond acceptors (Lipinski definition) is 6. The van der Waals surface area contributed by atoms with E-state index < -0.39 is 0 Å². The van der Waals surface area contributed by atoms with Gasteiger partial charge in [-0.3, -0.25) is 4.79 Å². The van der Waals surface area contributed by atoms with Crippen molar-refractivity contribution in [3.63, 3.8) is 0 Å². The second kappa shape index (κ2) is 8.40. The molecule has 2 aromatic rings. The van der Waals surface area contributed by atoms with Gasteiger partial charge < -0.3 is 19.7 Å². The van der Waals surface area contributed by atoms with E-state index in [1.165, 1.54) is 11.3 Å². The molecule has 1 aromatic carbocycles. The molecule has 1 aromatic heterocycles. The molecule has 6 nitrogen and oxygen atoms in total. The Bertz CT molecular complexity index is 754. The van der Waals surface area contributed by atoms with E-state index in [-0.39, 0.29) is 5.91 Å². The highest BCUT2D eigenvalue weighted by Gasteiger charge is 2.21. The molecule has 0 atom stereocenters. The molecule has 1 N–H and O–H groups in total. The van der Waals surface area contributed by atoms with Crippen molar-refractivity contribution < 1.29 is 14.3 Å². The SMILES string of the molecule is COc1ccc(OC)c(Nc2nc(CC(=O)N3CCC(C)CC3)cs2)c1. The fourth-order valence-corrected chi connectivity index (χ4v) is 3.72. The third-order valence-electron chi connectivity index (χ3n) is 4.67. The third kappa shape index (κ3) is 4.46. The normalized spacial score (nSPS) is 15.0. The number of methoxy groups -OCH3 is 2. The molecule has 0 saturated carbocycles. The van der Waals surface area contributed by atoms with Gasteiger partial charge in [0.25, 0.3) is 0 Å². The minimum atomic E-state index is 0.160. The largest absolute Gasteiger partial charge is 0.497 e. The van der Waals surface area contributed by atoms with E-state index >= 15 is 0 Å². The summed E-state index contributed by atoms with van der Waals surface area (Å²) in [4.78, 5) is 19.0. The number of nitrogens with zero attached hydrogens (tertiary/aromatic N) is 2. The lowest BCUT2D eigenvalue weighted by molar-refractivity contribution is -0.131. The van der Waals surface area contributed by atoms with Crippen molar-refractivity contribution in [1.82, 2.24) is 9.88 Å². The molecule has 0 radical (unpaired) electrons.